The topological polar surface area (TPSA) is 70.5 Å². The Morgan fingerprint density at radius 3 is 2.33 bits per heavy atom. The molecule has 0 saturated carbocycles. The number of hydrazine groups is 1. The molecule has 2 aromatic heterocycles. The lowest BCUT2D eigenvalue weighted by atomic mass is 10.1. The van der Waals surface area contributed by atoms with E-state index in [9.17, 15) is 14.0 Å². The van der Waals surface area contributed by atoms with Gasteiger partial charge in [0.2, 0.25) is 5.43 Å². The van der Waals surface area contributed by atoms with Gasteiger partial charge in [0.1, 0.15) is 17.0 Å². The van der Waals surface area contributed by atoms with Gasteiger partial charge in [-0.2, -0.15) is 0 Å². The molecule has 0 atom stereocenters. The zero-order chi connectivity index (χ0) is 22.8. The van der Waals surface area contributed by atoms with Crippen LogP contribution in [0.2, 0.25) is 0 Å². The summed E-state index contributed by atoms with van der Waals surface area (Å²) in [6, 6.07) is 19.2. The average Bonchev–Trinajstić information content (AvgIpc) is 2.86. The third-order valence-electron chi connectivity index (χ3n) is 5.77. The fraction of sp³-hybridized carbons (Fsp3) is 0.160. The first-order chi connectivity index (χ1) is 16.1. The van der Waals surface area contributed by atoms with E-state index in [1.807, 2.05) is 23.2 Å². The molecule has 8 heteroatoms. The van der Waals surface area contributed by atoms with Gasteiger partial charge in [0, 0.05) is 49.9 Å². The summed E-state index contributed by atoms with van der Waals surface area (Å²) in [4.78, 5) is 32.8. The molecule has 0 bridgehead atoms. The predicted octanol–water partition coefficient (Wildman–Crippen LogP) is 2.99. The molecule has 1 N–H and O–H groups in total. The highest BCUT2D eigenvalue weighted by Crippen LogP contribution is 2.17. The van der Waals surface area contributed by atoms with Crippen molar-refractivity contribution in [3.05, 3.63) is 101 Å². The van der Waals surface area contributed by atoms with Crippen molar-refractivity contribution in [3.63, 3.8) is 0 Å². The molecule has 1 saturated heterocycles. The molecule has 1 fully saturated rings. The Hall–Kier alpha value is -4.04. The SMILES string of the molecule is O=C(NN1CCN(c2ccccc2)CC1)c1cn(-c2ccc(F)cc2)c2ncccc2c1=O. The molecule has 7 nitrogen and oxygen atoms in total. The van der Waals surface area contributed by atoms with E-state index < -0.39 is 11.3 Å². The van der Waals surface area contributed by atoms with Gasteiger partial charge in [-0.15, -0.1) is 0 Å². The Morgan fingerprint density at radius 1 is 0.879 bits per heavy atom. The van der Waals surface area contributed by atoms with E-state index in [0.717, 1.165) is 18.8 Å². The van der Waals surface area contributed by atoms with Gasteiger partial charge in [0.25, 0.3) is 5.91 Å². The van der Waals surface area contributed by atoms with E-state index in [2.05, 4.69) is 27.4 Å². The van der Waals surface area contributed by atoms with E-state index in [1.165, 1.54) is 18.3 Å². The number of rotatable bonds is 4. The van der Waals surface area contributed by atoms with E-state index in [-0.39, 0.29) is 11.4 Å². The number of nitrogens with zero attached hydrogens (tertiary/aromatic N) is 4. The second-order valence-corrected chi connectivity index (χ2v) is 7.84. The van der Waals surface area contributed by atoms with Crippen LogP contribution in [-0.4, -0.2) is 46.6 Å². The fourth-order valence-corrected chi connectivity index (χ4v) is 4.04. The molecule has 0 unspecified atom stereocenters. The van der Waals surface area contributed by atoms with Gasteiger partial charge < -0.3 is 9.47 Å². The summed E-state index contributed by atoms with van der Waals surface area (Å²) < 4.78 is 15.1. The van der Waals surface area contributed by atoms with Crippen molar-refractivity contribution in [1.82, 2.24) is 20.0 Å². The summed E-state index contributed by atoms with van der Waals surface area (Å²) in [5, 5.41) is 2.15. The second-order valence-electron chi connectivity index (χ2n) is 7.84. The lowest BCUT2D eigenvalue weighted by Crippen LogP contribution is -2.54. The van der Waals surface area contributed by atoms with E-state index in [1.54, 1.807) is 35.0 Å². The fourth-order valence-electron chi connectivity index (χ4n) is 4.04. The summed E-state index contributed by atoms with van der Waals surface area (Å²) >= 11 is 0. The van der Waals surface area contributed by atoms with Crippen LogP contribution in [0, 0.1) is 5.82 Å². The van der Waals surface area contributed by atoms with E-state index >= 15 is 0 Å². The van der Waals surface area contributed by atoms with Crippen molar-refractivity contribution in [2.24, 2.45) is 0 Å². The minimum absolute atomic E-state index is 0.00492. The highest BCUT2D eigenvalue weighted by Gasteiger charge is 2.22. The molecule has 1 aliphatic rings. The number of para-hydroxylation sites is 1. The largest absolute Gasteiger partial charge is 0.369 e. The number of nitrogens with one attached hydrogen (secondary N) is 1. The summed E-state index contributed by atoms with van der Waals surface area (Å²) in [7, 11) is 0. The number of anilines is 1. The molecule has 3 heterocycles. The van der Waals surface area contributed by atoms with Crippen LogP contribution in [0.3, 0.4) is 0 Å². The highest BCUT2D eigenvalue weighted by molar-refractivity contribution is 5.96. The van der Waals surface area contributed by atoms with Crippen molar-refractivity contribution in [3.8, 4) is 5.69 Å². The zero-order valence-electron chi connectivity index (χ0n) is 17.8. The Labute approximate surface area is 189 Å². The Bertz CT molecular complexity index is 1350. The van der Waals surface area contributed by atoms with Crippen molar-refractivity contribution in [2.75, 3.05) is 31.1 Å². The number of fused-ring (bicyclic) bond motifs is 1. The number of carbonyl (C=O) groups is 1. The summed E-state index contributed by atoms with van der Waals surface area (Å²) in [6.07, 6.45) is 3.05. The van der Waals surface area contributed by atoms with Crippen molar-refractivity contribution in [1.29, 1.82) is 0 Å². The third-order valence-corrected chi connectivity index (χ3v) is 5.77. The minimum Gasteiger partial charge on any atom is -0.369 e. The van der Waals surface area contributed by atoms with Crippen molar-refractivity contribution < 1.29 is 9.18 Å². The van der Waals surface area contributed by atoms with E-state index in [4.69, 9.17) is 0 Å². The first-order valence-corrected chi connectivity index (χ1v) is 10.7. The summed E-state index contributed by atoms with van der Waals surface area (Å²) in [6.45, 7) is 2.77. The second kappa shape index (κ2) is 8.84. The molecule has 166 valence electrons. The maximum atomic E-state index is 13.4. The normalized spacial score (nSPS) is 14.4. The number of benzene rings is 2. The zero-order valence-corrected chi connectivity index (χ0v) is 17.8. The molecular formula is C25H22FN5O2. The van der Waals surface area contributed by atoms with Crippen LogP contribution in [0.5, 0.6) is 0 Å². The molecular weight excluding hydrogens is 421 g/mol. The van der Waals surface area contributed by atoms with Crippen molar-refractivity contribution in [2.45, 2.75) is 0 Å². The van der Waals surface area contributed by atoms with Gasteiger partial charge in [-0.1, -0.05) is 18.2 Å². The van der Waals surface area contributed by atoms with Crippen LogP contribution in [0.4, 0.5) is 10.1 Å². The Balaban J connectivity index is 1.40. The van der Waals surface area contributed by atoms with Gasteiger partial charge in [-0.05, 0) is 48.5 Å². The first kappa shape index (κ1) is 20.8. The van der Waals surface area contributed by atoms with Gasteiger partial charge in [0.05, 0.1) is 5.39 Å². The summed E-state index contributed by atoms with van der Waals surface area (Å²) in [5.74, 6) is -0.848. The maximum Gasteiger partial charge on any atom is 0.271 e. The van der Waals surface area contributed by atoms with E-state index in [0.29, 0.717) is 29.8 Å². The van der Waals surface area contributed by atoms with Gasteiger partial charge >= 0.3 is 0 Å². The van der Waals surface area contributed by atoms with Crippen LogP contribution in [0.1, 0.15) is 10.4 Å². The molecule has 0 spiro atoms. The molecule has 0 radical (unpaired) electrons. The average molecular weight is 443 g/mol. The maximum absolute atomic E-state index is 13.4. The number of pyridine rings is 2. The van der Waals surface area contributed by atoms with Crippen LogP contribution >= 0.6 is 0 Å². The lowest BCUT2D eigenvalue weighted by molar-refractivity contribution is 0.0776. The monoisotopic (exact) mass is 443 g/mol. The van der Waals surface area contributed by atoms with Crippen LogP contribution in [0.15, 0.2) is 83.9 Å². The number of amides is 1. The number of aromatic nitrogens is 2. The minimum atomic E-state index is -0.477. The highest BCUT2D eigenvalue weighted by atomic mass is 19.1. The number of carbonyl (C=O) groups excluding carboxylic acids is 1. The van der Waals surface area contributed by atoms with Crippen LogP contribution in [0.25, 0.3) is 16.7 Å². The van der Waals surface area contributed by atoms with Gasteiger partial charge in [0.15, 0.2) is 0 Å². The molecule has 33 heavy (non-hydrogen) atoms. The molecule has 0 aliphatic carbocycles. The standard InChI is InChI=1S/C25H22FN5O2/c26-18-8-10-20(11-9-18)31-17-22(23(32)21-7-4-12-27-24(21)31)25(33)28-30-15-13-29(14-16-30)19-5-2-1-3-6-19/h1-12,17H,13-16H2,(H,28,33). The number of piperazine rings is 1. The first-order valence-electron chi connectivity index (χ1n) is 10.7. The molecule has 2 aromatic carbocycles. The Morgan fingerprint density at radius 2 is 1.61 bits per heavy atom. The lowest BCUT2D eigenvalue weighted by Gasteiger charge is -2.36. The third kappa shape index (κ3) is 4.20. The number of hydrogen-bond donors (Lipinski definition) is 1. The molecule has 1 aliphatic heterocycles. The van der Waals surface area contributed by atoms with Crippen molar-refractivity contribution >= 4 is 22.6 Å². The molecule has 5 rings (SSSR count). The molecule has 4 aromatic rings. The Kier molecular flexibility index (Phi) is 5.58. The van der Waals surface area contributed by atoms with Crippen LogP contribution in [-0.2, 0) is 0 Å². The quantitative estimate of drug-likeness (QED) is 0.525. The van der Waals surface area contributed by atoms with Gasteiger partial charge in [-0.25, -0.2) is 14.4 Å². The van der Waals surface area contributed by atoms with Crippen LogP contribution < -0.4 is 15.8 Å². The predicted molar refractivity (Wildman–Crippen MR) is 125 cm³/mol. The molecule has 1 amide bonds. The number of halogens is 1. The smallest absolute Gasteiger partial charge is 0.271 e. The summed E-state index contributed by atoms with van der Waals surface area (Å²) in [5.41, 5.74) is 4.64. The van der Waals surface area contributed by atoms with Gasteiger partial charge in [-0.3, -0.25) is 15.0 Å². The number of hydrogen-bond acceptors (Lipinski definition) is 5.